The lowest BCUT2D eigenvalue weighted by atomic mass is 10.3. The highest BCUT2D eigenvalue weighted by atomic mass is 19.1. The van der Waals surface area contributed by atoms with Crippen molar-refractivity contribution in [2.45, 2.75) is 13.0 Å². The molecule has 0 fully saturated rings. The van der Waals surface area contributed by atoms with Gasteiger partial charge in [-0.05, 0) is 31.2 Å². The maximum Gasteiger partial charge on any atom is 0.320 e. The van der Waals surface area contributed by atoms with Gasteiger partial charge >= 0.3 is 5.97 Å². The highest BCUT2D eigenvalue weighted by Gasteiger charge is 1.99. The van der Waals surface area contributed by atoms with Gasteiger partial charge in [0.1, 0.15) is 17.7 Å². The monoisotopic (exact) mass is 203 g/mol. The minimum Gasteiger partial charge on any atom is -0.480 e. The Bertz CT molecular complexity index is 264. The summed E-state index contributed by atoms with van der Waals surface area (Å²) in [5.74, 6) is -1.78. The molecule has 0 spiro atoms. The average molecular weight is 203 g/mol. The van der Waals surface area contributed by atoms with Gasteiger partial charge in [0.2, 0.25) is 0 Å². The summed E-state index contributed by atoms with van der Waals surface area (Å²) in [5, 5.41) is 7.87. The van der Waals surface area contributed by atoms with Crippen LogP contribution in [0.4, 0.5) is 8.78 Å². The summed E-state index contributed by atoms with van der Waals surface area (Å²) in [5.41, 5.74) is 4.84. The smallest absolute Gasteiger partial charge is 0.320 e. The minimum absolute atomic E-state index is 0.411. The minimum atomic E-state index is -0.963. The number of carbonyl (C=O) groups is 1. The molecular weight excluding hydrogens is 192 g/mol. The maximum atomic E-state index is 11.9. The molecule has 0 bridgehead atoms. The molecule has 1 aromatic carbocycles. The van der Waals surface area contributed by atoms with Gasteiger partial charge in [0.05, 0.1) is 0 Å². The predicted molar refractivity (Wildman–Crippen MR) is 47.6 cm³/mol. The molecule has 1 aromatic rings. The van der Waals surface area contributed by atoms with Gasteiger partial charge in [-0.25, -0.2) is 8.78 Å². The van der Waals surface area contributed by atoms with Crippen LogP contribution >= 0.6 is 0 Å². The van der Waals surface area contributed by atoms with Crippen molar-refractivity contribution in [1.29, 1.82) is 0 Å². The molecule has 0 aliphatic rings. The van der Waals surface area contributed by atoms with E-state index in [1.54, 1.807) is 0 Å². The van der Waals surface area contributed by atoms with Gasteiger partial charge in [-0.1, -0.05) is 0 Å². The fraction of sp³-hybridized carbons (Fsp3) is 0.222. The predicted octanol–water partition coefficient (Wildman–Crippen LogP) is 1.38. The maximum absolute atomic E-state index is 11.9. The lowest BCUT2D eigenvalue weighted by Gasteiger charge is -1.90. The standard InChI is InChI=1S/C6H4F2.C3H7NO2/c7-5-1-2-6(8)4-3-5;1-2(4)3(5)6/h1-4H;2H,4H2,1H3,(H,5,6)/t;2-/m.0/s1. The van der Waals surface area contributed by atoms with E-state index < -0.39 is 23.6 Å². The summed E-state index contributed by atoms with van der Waals surface area (Å²) in [6.07, 6.45) is 0. The molecule has 5 heteroatoms. The van der Waals surface area contributed by atoms with E-state index in [2.05, 4.69) is 0 Å². The van der Waals surface area contributed by atoms with Crippen LogP contribution in [-0.4, -0.2) is 17.1 Å². The number of hydrogen-bond acceptors (Lipinski definition) is 2. The van der Waals surface area contributed by atoms with Crippen molar-refractivity contribution in [2.75, 3.05) is 0 Å². The number of rotatable bonds is 1. The van der Waals surface area contributed by atoms with E-state index in [0.717, 1.165) is 24.3 Å². The fourth-order valence-electron chi connectivity index (χ4n) is 0.430. The van der Waals surface area contributed by atoms with Crippen LogP contribution in [0.2, 0.25) is 0 Å². The molecule has 1 rings (SSSR count). The summed E-state index contributed by atoms with van der Waals surface area (Å²) < 4.78 is 23.8. The number of halogens is 2. The first kappa shape index (κ1) is 12.5. The summed E-state index contributed by atoms with van der Waals surface area (Å²) in [6.45, 7) is 1.42. The number of hydrogen-bond donors (Lipinski definition) is 2. The van der Waals surface area contributed by atoms with Crippen LogP contribution in [0, 0.1) is 11.6 Å². The number of carboxylic acids is 1. The van der Waals surface area contributed by atoms with Gasteiger partial charge in [0, 0.05) is 0 Å². The van der Waals surface area contributed by atoms with Crippen molar-refractivity contribution in [2.24, 2.45) is 5.73 Å². The van der Waals surface area contributed by atoms with Crippen LogP contribution < -0.4 is 5.73 Å². The molecule has 0 heterocycles. The third-order valence-corrected chi connectivity index (χ3v) is 1.19. The Balaban J connectivity index is 0.000000255. The first-order chi connectivity index (χ1) is 6.43. The van der Waals surface area contributed by atoms with E-state index in [1.165, 1.54) is 6.92 Å². The normalized spacial score (nSPS) is 11.1. The van der Waals surface area contributed by atoms with E-state index in [-0.39, 0.29) is 0 Å². The fourth-order valence-corrected chi connectivity index (χ4v) is 0.430. The van der Waals surface area contributed by atoms with Crippen LogP contribution in [-0.2, 0) is 4.79 Å². The molecule has 1 atom stereocenters. The highest BCUT2D eigenvalue weighted by molar-refractivity contribution is 5.72. The molecule has 3 nitrogen and oxygen atoms in total. The molecule has 0 radical (unpaired) electrons. The lowest BCUT2D eigenvalue weighted by Crippen LogP contribution is -2.25. The van der Waals surface area contributed by atoms with Gasteiger partial charge in [-0.3, -0.25) is 4.79 Å². The van der Waals surface area contributed by atoms with E-state index >= 15 is 0 Å². The molecule has 0 unspecified atom stereocenters. The number of carboxylic acid groups (broad SMARTS) is 1. The SMILES string of the molecule is C[C@H](N)C(=O)O.Fc1ccc(F)cc1. The Morgan fingerprint density at radius 2 is 1.50 bits per heavy atom. The Hall–Kier alpha value is -1.49. The molecule has 0 aliphatic heterocycles. The van der Waals surface area contributed by atoms with E-state index in [1.807, 2.05) is 0 Å². The van der Waals surface area contributed by atoms with Gasteiger partial charge < -0.3 is 10.8 Å². The zero-order chi connectivity index (χ0) is 11.1. The van der Waals surface area contributed by atoms with Crippen molar-refractivity contribution in [3.63, 3.8) is 0 Å². The molecule has 0 amide bonds. The van der Waals surface area contributed by atoms with Gasteiger partial charge in [0.25, 0.3) is 0 Å². The third kappa shape index (κ3) is 6.07. The number of nitrogens with two attached hydrogens (primary N) is 1. The van der Waals surface area contributed by atoms with E-state index in [0.29, 0.717) is 0 Å². The average Bonchev–Trinajstić information content (AvgIpc) is 2.11. The molecule has 3 N–H and O–H groups in total. The topological polar surface area (TPSA) is 63.3 Å². The second-order valence-electron chi connectivity index (χ2n) is 2.56. The Labute approximate surface area is 80.2 Å². The first-order valence-electron chi connectivity index (χ1n) is 3.83. The van der Waals surface area contributed by atoms with Crippen molar-refractivity contribution in [1.82, 2.24) is 0 Å². The molecule has 0 aromatic heterocycles. The van der Waals surface area contributed by atoms with E-state index in [4.69, 9.17) is 10.8 Å². The lowest BCUT2D eigenvalue weighted by molar-refractivity contribution is -0.138. The van der Waals surface area contributed by atoms with Crippen molar-refractivity contribution >= 4 is 5.97 Å². The summed E-state index contributed by atoms with van der Waals surface area (Å²) >= 11 is 0. The zero-order valence-electron chi connectivity index (χ0n) is 7.58. The second kappa shape index (κ2) is 6.04. The van der Waals surface area contributed by atoms with Crippen LogP contribution in [0.1, 0.15) is 6.92 Å². The molecule has 0 saturated heterocycles. The zero-order valence-corrected chi connectivity index (χ0v) is 7.58. The number of benzene rings is 1. The van der Waals surface area contributed by atoms with Crippen molar-refractivity contribution in [3.8, 4) is 0 Å². The third-order valence-electron chi connectivity index (χ3n) is 1.19. The van der Waals surface area contributed by atoms with Crippen LogP contribution in [0.25, 0.3) is 0 Å². The largest absolute Gasteiger partial charge is 0.480 e. The molecule has 78 valence electrons. The Kier molecular flexibility index (Phi) is 5.40. The first-order valence-corrected chi connectivity index (χ1v) is 3.83. The van der Waals surface area contributed by atoms with Crippen LogP contribution in [0.15, 0.2) is 24.3 Å². The van der Waals surface area contributed by atoms with Crippen molar-refractivity contribution < 1.29 is 18.7 Å². The molecule has 14 heavy (non-hydrogen) atoms. The summed E-state index contributed by atoms with van der Waals surface area (Å²) in [7, 11) is 0. The number of aliphatic carboxylic acids is 1. The van der Waals surface area contributed by atoms with Crippen molar-refractivity contribution in [3.05, 3.63) is 35.9 Å². The Morgan fingerprint density at radius 1 is 1.29 bits per heavy atom. The summed E-state index contributed by atoms with van der Waals surface area (Å²) in [4.78, 5) is 9.57. The summed E-state index contributed by atoms with van der Waals surface area (Å²) in [6, 6.07) is 3.58. The second-order valence-corrected chi connectivity index (χ2v) is 2.56. The van der Waals surface area contributed by atoms with Gasteiger partial charge in [-0.15, -0.1) is 0 Å². The van der Waals surface area contributed by atoms with Gasteiger partial charge in [-0.2, -0.15) is 0 Å². The van der Waals surface area contributed by atoms with Crippen LogP contribution in [0.5, 0.6) is 0 Å². The Morgan fingerprint density at radius 3 is 1.64 bits per heavy atom. The molecular formula is C9H11F2NO2. The molecule has 0 saturated carbocycles. The van der Waals surface area contributed by atoms with Crippen LogP contribution in [0.3, 0.4) is 0 Å². The highest BCUT2D eigenvalue weighted by Crippen LogP contribution is 1.98. The quantitative estimate of drug-likeness (QED) is 0.724. The van der Waals surface area contributed by atoms with Gasteiger partial charge in [0.15, 0.2) is 0 Å². The van der Waals surface area contributed by atoms with E-state index in [9.17, 15) is 13.6 Å². The molecule has 0 aliphatic carbocycles.